The zero-order valence-corrected chi connectivity index (χ0v) is 13.6. The van der Waals surface area contributed by atoms with Crippen LogP contribution in [0.4, 0.5) is 0 Å². The third-order valence-corrected chi connectivity index (χ3v) is 3.21. The van der Waals surface area contributed by atoms with Gasteiger partial charge >= 0.3 is 5.97 Å². The molecule has 2 aromatic rings. The fourth-order valence-electron chi connectivity index (χ4n) is 2.05. The number of carboxylic acid groups (broad SMARTS) is 1. The van der Waals surface area contributed by atoms with Crippen molar-refractivity contribution < 1.29 is 28.8 Å². The highest BCUT2D eigenvalue weighted by Gasteiger charge is 2.14. The van der Waals surface area contributed by atoms with E-state index in [1.807, 2.05) is 0 Å². The van der Waals surface area contributed by atoms with Crippen molar-refractivity contribution in [1.82, 2.24) is 0 Å². The lowest BCUT2D eigenvalue weighted by Crippen LogP contribution is -2.08. The molecule has 0 bridgehead atoms. The average Bonchev–Trinajstić information content (AvgIpc) is 2.61. The smallest absolute Gasteiger partial charge is 0.371 e. The first-order chi connectivity index (χ1) is 11.6. The molecule has 0 aliphatic heterocycles. The van der Waals surface area contributed by atoms with E-state index in [-0.39, 0.29) is 5.76 Å². The topological polar surface area (TPSA) is 74.2 Å². The van der Waals surface area contributed by atoms with E-state index in [2.05, 4.69) is 0 Å². The first kappa shape index (κ1) is 17.2. The van der Waals surface area contributed by atoms with Crippen LogP contribution < -0.4 is 18.9 Å². The van der Waals surface area contributed by atoms with Gasteiger partial charge in [0.05, 0.1) is 21.3 Å². The number of hydrogen-bond donors (Lipinski definition) is 1. The molecule has 0 fully saturated rings. The molecular formula is C18H18O6. The summed E-state index contributed by atoms with van der Waals surface area (Å²) in [6.07, 6.45) is 1.40. The van der Waals surface area contributed by atoms with Crippen molar-refractivity contribution in [3.63, 3.8) is 0 Å². The molecule has 126 valence electrons. The van der Waals surface area contributed by atoms with Crippen LogP contribution in [0.2, 0.25) is 0 Å². The number of ether oxygens (including phenoxy) is 4. The highest BCUT2D eigenvalue weighted by molar-refractivity contribution is 5.90. The molecule has 6 nitrogen and oxygen atoms in total. The maximum absolute atomic E-state index is 11.5. The minimum absolute atomic E-state index is 0.244. The largest absolute Gasteiger partial charge is 0.493 e. The van der Waals surface area contributed by atoms with Crippen LogP contribution in [-0.4, -0.2) is 32.4 Å². The summed E-state index contributed by atoms with van der Waals surface area (Å²) in [7, 11) is 4.52. The van der Waals surface area contributed by atoms with E-state index in [1.165, 1.54) is 27.4 Å². The summed E-state index contributed by atoms with van der Waals surface area (Å²) in [4.78, 5) is 11.5. The van der Waals surface area contributed by atoms with Gasteiger partial charge in [-0.25, -0.2) is 4.79 Å². The molecular weight excluding hydrogens is 312 g/mol. The summed E-state index contributed by atoms with van der Waals surface area (Å²) in [6, 6.07) is 11.9. The Hall–Kier alpha value is -3.15. The fraction of sp³-hybridized carbons (Fsp3) is 0.167. The molecule has 1 N–H and O–H groups in total. The normalized spacial score (nSPS) is 10.9. The Morgan fingerprint density at radius 3 is 2.04 bits per heavy atom. The van der Waals surface area contributed by atoms with Crippen molar-refractivity contribution in [2.24, 2.45) is 0 Å². The van der Waals surface area contributed by atoms with Crippen molar-refractivity contribution in [1.29, 1.82) is 0 Å². The molecule has 0 radical (unpaired) electrons. The van der Waals surface area contributed by atoms with Crippen LogP contribution in [-0.2, 0) is 4.79 Å². The number of rotatable bonds is 7. The third kappa shape index (κ3) is 3.98. The molecule has 0 unspecified atom stereocenters. The number of carbonyl (C=O) groups is 1. The summed E-state index contributed by atoms with van der Waals surface area (Å²) < 4.78 is 21.0. The van der Waals surface area contributed by atoms with Crippen LogP contribution in [0.15, 0.2) is 48.2 Å². The Labute approximate surface area is 139 Å². The molecule has 2 aromatic carbocycles. The van der Waals surface area contributed by atoms with Crippen LogP contribution >= 0.6 is 0 Å². The predicted octanol–water partition coefficient (Wildman–Crippen LogP) is 3.22. The predicted molar refractivity (Wildman–Crippen MR) is 88.8 cm³/mol. The Bertz CT molecular complexity index is 751. The summed E-state index contributed by atoms with van der Waals surface area (Å²) >= 11 is 0. The number of para-hydroxylation sites is 2. The zero-order valence-electron chi connectivity index (χ0n) is 13.6. The molecule has 0 spiro atoms. The second kappa shape index (κ2) is 7.92. The molecule has 0 aliphatic rings. The lowest BCUT2D eigenvalue weighted by molar-refractivity contribution is -0.134. The Morgan fingerprint density at radius 2 is 1.46 bits per heavy atom. The molecule has 0 aliphatic carbocycles. The average molecular weight is 330 g/mol. The summed E-state index contributed by atoms with van der Waals surface area (Å²) in [5.74, 6) is 0.360. The monoisotopic (exact) mass is 330 g/mol. The van der Waals surface area contributed by atoms with Crippen molar-refractivity contribution in [2.45, 2.75) is 0 Å². The number of methoxy groups -OCH3 is 3. The first-order valence-electron chi connectivity index (χ1n) is 7.07. The standard InChI is InChI=1S/C18H18O6/c1-21-13-6-4-5-7-15(13)24-17(18(19)20)11-12-8-9-14(22-2)16(10-12)23-3/h4-11H,1-3H3,(H,19,20)/b17-11+. The van der Waals surface area contributed by atoms with Crippen LogP contribution in [0, 0.1) is 0 Å². The molecule has 24 heavy (non-hydrogen) atoms. The van der Waals surface area contributed by atoms with Gasteiger partial charge < -0.3 is 24.1 Å². The zero-order chi connectivity index (χ0) is 17.5. The number of aliphatic carboxylic acids is 1. The molecule has 0 aromatic heterocycles. The SMILES string of the molecule is COc1ccc(/C=C(/Oc2ccccc2OC)C(=O)O)cc1OC. The van der Waals surface area contributed by atoms with Gasteiger partial charge in [0.2, 0.25) is 5.76 Å². The molecule has 2 rings (SSSR count). The maximum Gasteiger partial charge on any atom is 0.371 e. The highest BCUT2D eigenvalue weighted by Crippen LogP contribution is 2.30. The van der Waals surface area contributed by atoms with Crippen molar-refractivity contribution in [2.75, 3.05) is 21.3 Å². The highest BCUT2D eigenvalue weighted by atomic mass is 16.5. The number of carboxylic acids is 1. The second-order valence-corrected chi connectivity index (χ2v) is 4.68. The van der Waals surface area contributed by atoms with Crippen LogP contribution in [0.25, 0.3) is 6.08 Å². The molecule has 0 saturated heterocycles. The van der Waals surface area contributed by atoms with Gasteiger partial charge in [-0.1, -0.05) is 18.2 Å². The van der Waals surface area contributed by atoms with Gasteiger partial charge in [-0.15, -0.1) is 0 Å². The van der Waals surface area contributed by atoms with Gasteiger partial charge in [-0.05, 0) is 35.9 Å². The van der Waals surface area contributed by atoms with Crippen molar-refractivity contribution in [3.8, 4) is 23.0 Å². The van der Waals surface area contributed by atoms with E-state index >= 15 is 0 Å². The Morgan fingerprint density at radius 1 is 0.875 bits per heavy atom. The Kier molecular flexibility index (Phi) is 5.68. The van der Waals surface area contributed by atoms with E-state index in [1.54, 1.807) is 42.5 Å². The maximum atomic E-state index is 11.5. The summed E-state index contributed by atoms with van der Waals surface area (Å²) in [5, 5.41) is 9.40. The molecule has 6 heteroatoms. The Balaban J connectivity index is 2.37. The third-order valence-electron chi connectivity index (χ3n) is 3.21. The molecule has 0 heterocycles. The lowest BCUT2D eigenvalue weighted by Gasteiger charge is -2.11. The van der Waals surface area contributed by atoms with Crippen LogP contribution in [0.1, 0.15) is 5.56 Å². The van der Waals surface area contributed by atoms with Gasteiger partial charge in [0.1, 0.15) is 0 Å². The molecule has 0 atom stereocenters. The fourth-order valence-corrected chi connectivity index (χ4v) is 2.05. The van der Waals surface area contributed by atoms with E-state index < -0.39 is 5.97 Å². The van der Waals surface area contributed by atoms with E-state index in [0.717, 1.165) is 0 Å². The number of benzene rings is 2. The van der Waals surface area contributed by atoms with Gasteiger partial charge in [0.15, 0.2) is 23.0 Å². The van der Waals surface area contributed by atoms with Crippen LogP contribution in [0.3, 0.4) is 0 Å². The lowest BCUT2D eigenvalue weighted by atomic mass is 10.1. The summed E-state index contributed by atoms with van der Waals surface area (Å²) in [6.45, 7) is 0. The van der Waals surface area contributed by atoms with Crippen LogP contribution in [0.5, 0.6) is 23.0 Å². The molecule has 0 saturated carbocycles. The quantitative estimate of drug-likeness (QED) is 0.621. The van der Waals surface area contributed by atoms with Crippen molar-refractivity contribution in [3.05, 3.63) is 53.8 Å². The first-order valence-corrected chi connectivity index (χ1v) is 7.07. The van der Waals surface area contributed by atoms with Gasteiger partial charge in [0.25, 0.3) is 0 Å². The number of hydrogen-bond acceptors (Lipinski definition) is 5. The van der Waals surface area contributed by atoms with Gasteiger partial charge in [-0.2, -0.15) is 0 Å². The van der Waals surface area contributed by atoms with Crippen molar-refractivity contribution >= 4 is 12.0 Å². The summed E-state index contributed by atoms with van der Waals surface area (Å²) in [5.41, 5.74) is 0.597. The second-order valence-electron chi connectivity index (χ2n) is 4.68. The minimum Gasteiger partial charge on any atom is -0.493 e. The minimum atomic E-state index is -1.20. The van der Waals surface area contributed by atoms with E-state index in [0.29, 0.717) is 28.6 Å². The van der Waals surface area contributed by atoms with E-state index in [4.69, 9.17) is 18.9 Å². The molecule has 0 amide bonds. The van der Waals surface area contributed by atoms with Gasteiger partial charge in [-0.3, -0.25) is 0 Å². The van der Waals surface area contributed by atoms with Gasteiger partial charge in [0, 0.05) is 0 Å². The van der Waals surface area contributed by atoms with E-state index in [9.17, 15) is 9.90 Å².